The van der Waals surface area contributed by atoms with Gasteiger partial charge in [-0.25, -0.2) is 4.79 Å². The average Bonchev–Trinajstić information content (AvgIpc) is 3.06. The molecular weight excluding hydrogens is 729 g/mol. The highest BCUT2D eigenvalue weighted by atomic mass is 19.4. The highest BCUT2D eigenvalue weighted by molar-refractivity contribution is 5.91. The number of carboxylic acid groups (broad SMARTS) is 1. The molecule has 0 saturated carbocycles. The number of anilines is 1. The Kier molecular flexibility index (Phi) is 12.6. The van der Waals surface area contributed by atoms with Crippen LogP contribution in [-0.2, 0) is 39.2 Å². The van der Waals surface area contributed by atoms with Gasteiger partial charge in [-0.3, -0.25) is 14.7 Å². The molecule has 0 aliphatic carbocycles. The molecule has 4 rings (SSSR count). The van der Waals surface area contributed by atoms with Crippen molar-refractivity contribution in [2.45, 2.75) is 75.6 Å². The Hall–Kier alpha value is -4.58. The van der Waals surface area contributed by atoms with Crippen molar-refractivity contribution in [3.63, 3.8) is 0 Å². The fourth-order valence-corrected chi connectivity index (χ4v) is 6.05. The molecule has 1 amide bonds. The molecule has 1 aromatic heterocycles. The summed E-state index contributed by atoms with van der Waals surface area (Å²) in [6.07, 6.45) is -15.7. The minimum Gasteiger partial charge on any atom is -0.490 e. The number of fused-ring (bicyclic) bond motifs is 1. The Labute approximate surface area is 297 Å². The van der Waals surface area contributed by atoms with Gasteiger partial charge in [-0.15, -0.1) is 0 Å². The highest BCUT2D eigenvalue weighted by Crippen LogP contribution is 2.49. The second kappa shape index (κ2) is 16.2. The third-order valence-electron chi connectivity index (χ3n) is 8.68. The van der Waals surface area contributed by atoms with Crippen LogP contribution in [0.15, 0.2) is 48.7 Å². The number of hydrogen-bond acceptors (Lipinski definition) is 7. The summed E-state index contributed by atoms with van der Waals surface area (Å²) in [6, 6.07) is 4.92. The number of unbranched alkanes of at least 4 members (excludes halogenated alkanes) is 1. The summed E-state index contributed by atoms with van der Waals surface area (Å²) in [4.78, 5) is 29.8. The van der Waals surface area contributed by atoms with Gasteiger partial charge < -0.3 is 25.1 Å². The maximum Gasteiger partial charge on any atom is 0.416 e. The molecule has 3 aromatic rings. The number of aliphatic carboxylic acids is 1. The first-order valence-electron chi connectivity index (χ1n) is 16.3. The Balaban J connectivity index is 1.89. The van der Waals surface area contributed by atoms with E-state index in [9.17, 15) is 49.1 Å². The molecule has 0 bridgehead atoms. The van der Waals surface area contributed by atoms with Crippen LogP contribution in [0.3, 0.4) is 0 Å². The van der Waals surface area contributed by atoms with E-state index in [1.807, 2.05) is 0 Å². The zero-order valence-electron chi connectivity index (χ0n) is 28.4. The summed E-state index contributed by atoms with van der Waals surface area (Å²) < 4.78 is 141. The standard InChI is InChI=1S/C35H36F9N3O6/c1-3-32(45)18-27(26-17-22(33(36,37)38)7-8-28(26)47(32)31(50)53-9-5-4-6-29(48)49)30-21(15-25(19-46-30)52-11-10-51-2)12-20-13-23(34(39,40)41)16-24(14-20)35(42,43)44/h7-8,13-17,19,27H,3-6,9-12,18,45H2,1-2H3,(H,48,49)/t27-,32+/m0/s1. The fourth-order valence-electron chi connectivity index (χ4n) is 6.05. The zero-order valence-corrected chi connectivity index (χ0v) is 28.4. The molecule has 2 atom stereocenters. The molecular formula is C35H36F9N3O6. The van der Waals surface area contributed by atoms with Crippen molar-refractivity contribution < 1.29 is 68.4 Å². The molecule has 1 aliphatic rings. The van der Waals surface area contributed by atoms with E-state index in [2.05, 4.69) is 4.98 Å². The summed E-state index contributed by atoms with van der Waals surface area (Å²) in [5, 5.41) is 8.87. The van der Waals surface area contributed by atoms with Crippen LogP contribution < -0.4 is 15.4 Å². The van der Waals surface area contributed by atoms with E-state index in [1.54, 1.807) is 6.92 Å². The number of rotatable bonds is 13. The van der Waals surface area contributed by atoms with Gasteiger partial charge in [0, 0.05) is 19.4 Å². The van der Waals surface area contributed by atoms with E-state index in [-0.39, 0.29) is 86.2 Å². The van der Waals surface area contributed by atoms with E-state index in [0.29, 0.717) is 12.1 Å². The van der Waals surface area contributed by atoms with Crippen LogP contribution in [0.5, 0.6) is 5.75 Å². The molecule has 0 fully saturated rings. The van der Waals surface area contributed by atoms with Crippen molar-refractivity contribution in [3.8, 4) is 5.75 Å². The number of alkyl halides is 9. The lowest BCUT2D eigenvalue weighted by molar-refractivity contribution is -0.143. The Bertz CT molecular complexity index is 1750. The van der Waals surface area contributed by atoms with Gasteiger partial charge >= 0.3 is 30.6 Å². The molecule has 290 valence electrons. The minimum atomic E-state index is -5.15. The van der Waals surface area contributed by atoms with Gasteiger partial charge in [-0.05, 0) is 91.3 Å². The predicted molar refractivity (Wildman–Crippen MR) is 171 cm³/mol. The van der Waals surface area contributed by atoms with E-state index in [0.717, 1.165) is 23.1 Å². The van der Waals surface area contributed by atoms with Gasteiger partial charge in [-0.1, -0.05) is 6.92 Å². The third-order valence-corrected chi connectivity index (χ3v) is 8.68. The van der Waals surface area contributed by atoms with Gasteiger partial charge in [0.15, 0.2) is 0 Å². The minimum absolute atomic E-state index is 0.00813. The number of benzene rings is 2. The van der Waals surface area contributed by atoms with Crippen molar-refractivity contribution in [3.05, 3.63) is 87.7 Å². The van der Waals surface area contributed by atoms with Crippen LogP contribution >= 0.6 is 0 Å². The van der Waals surface area contributed by atoms with Crippen molar-refractivity contribution >= 4 is 17.7 Å². The number of ether oxygens (including phenoxy) is 3. The predicted octanol–water partition coefficient (Wildman–Crippen LogP) is 8.55. The van der Waals surface area contributed by atoms with Crippen LogP contribution in [0.4, 0.5) is 50.0 Å². The first-order chi connectivity index (χ1) is 24.7. The number of carbonyl (C=O) groups excluding carboxylic acids is 1. The molecule has 1 aliphatic heterocycles. The summed E-state index contributed by atoms with van der Waals surface area (Å²) in [5.41, 5.74) is 0.269. The van der Waals surface area contributed by atoms with Crippen LogP contribution in [0.2, 0.25) is 0 Å². The number of amides is 1. The topological polar surface area (TPSA) is 124 Å². The molecule has 0 saturated heterocycles. The number of aromatic nitrogens is 1. The molecule has 9 nitrogen and oxygen atoms in total. The van der Waals surface area contributed by atoms with Gasteiger partial charge in [0.05, 0.1) is 47.5 Å². The average molecular weight is 766 g/mol. The van der Waals surface area contributed by atoms with E-state index in [1.165, 1.54) is 19.4 Å². The van der Waals surface area contributed by atoms with Gasteiger partial charge in [0.25, 0.3) is 0 Å². The summed E-state index contributed by atoms with van der Waals surface area (Å²) in [5.74, 6) is -2.18. The maximum atomic E-state index is 14.1. The molecule has 18 heteroatoms. The Morgan fingerprint density at radius 2 is 1.55 bits per heavy atom. The normalized spacial score (nSPS) is 17.7. The van der Waals surface area contributed by atoms with Crippen LogP contribution in [0, 0.1) is 0 Å². The zero-order chi connectivity index (χ0) is 39.4. The lowest BCUT2D eigenvalue weighted by Crippen LogP contribution is -2.61. The van der Waals surface area contributed by atoms with Crippen LogP contribution in [0.25, 0.3) is 0 Å². The van der Waals surface area contributed by atoms with Crippen LogP contribution in [-0.4, -0.2) is 54.7 Å². The van der Waals surface area contributed by atoms with Crippen molar-refractivity contribution in [2.75, 3.05) is 31.8 Å². The first-order valence-corrected chi connectivity index (χ1v) is 16.3. The molecule has 53 heavy (non-hydrogen) atoms. The molecule has 0 spiro atoms. The number of nitrogens with two attached hydrogens (primary N) is 1. The first kappa shape index (κ1) is 41.2. The number of methoxy groups -OCH3 is 1. The molecule has 2 aromatic carbocycles. The van der Waals surface area contributed by atoms with Gasteiger partial charge in [0.2, 0.25) is 0 Å². The monoisotopic (exact) mass is 765 g/mol. The number of carbonyl (C=O) groups is 2. The maximum absolute atomic E-state index is 14.1. The molecule has 0 radical (unpaired) electrons. The number of hydrogen-bond donors (Lipinski definition) is 2. The smallest absolute Gasteiger partial charge is 0.416 e. The van der Waals surface area contributed by atoms with E-state index >= 15 is 0 Å². The number of halogens is 9. The summed E-state index contributed by atoms with van der Waals surface area (Å²) in [7, 11) is 1.39. The van der Waals surface area contributed by atoms with Crippen molar-refractivity contribution in [1.82, 2.24) is 4.98 Å². The van der Waals surface area contributed by atoms with Gasteiger partial charge in [-0.2, -0.15) is 39.5 Å². The Morgan fingerprint density at radius 3 is 2.11 bits per heavy atom. The van der Waals surface area contributed by atoms with Crippen molar-refractivity contribution in [1.29, 1.82) is 0 Å². The second-order valence-corrected chi connectivity index (χ2v) is 12.4. The number of nitrogens with zero attached hydrogens (tertiary/aromatic N) is 2. The van der Waals surface area contributed by atoms with E-state index in [4.69, 9.17) is 25.1 Å². The fraction of sp³-hybridized carbons (Fsp3) is 0.457. The third kappa shape index (κ3) is 10.1. The van der Waals surface area contributed by atoms with Crippen LogP contribution in [0.1, 0.15) is 84.0 Å². The Morgan fingerprint density at radius 1 is 0.906 bits per heavy atom. The SMILES string of the molecule is CC[C@]1(N)C[C@H](c2ncc(OCCOC)cc2Cc2cc(C(F)(F)F)cc(C(F)(F)F)c2)c2cc(C(F)(F)F)ccc2N1C(=O)OCCCCC(=O)O. The van der Waals surface area contributed by atoms with Gasteiger partial charge in [0.1, 0.15) is 18.0 Å². The quantitative estimate of drug-likeness (QED) is 0.131. The summed E-state index contributed by atoms with van der Waals surface area (Å²) >= 11 is 0. The largest absolute Gasteiger partial charge is 0.490 e. The van der Waals surface area contributed by atoms with Crippen molar-refractivity contribution in [2.24, 2.45) is 5.73 Å². The summed E-state index contributed by atoms with van der Waals surface area (Å²) in [6.45, 7) is 1.46. The molecule has 0 unspecified atom stereocenters. The molecule has 2 heterocycles. The second-order valence-electron chi connectivity index (χ2n) is 12.4. The number of carboxylic acids is 1. The highest BCUT2D eigenvalue weighted by Gasteiger charge is 2.47. The molecule has 3 N–H and O–H groups in total. The van der Waals surface area contributed by atoms with E-state index < -0.39 is 70.8 Å². The lowest BCUT2D eigenvalue weighted by Gasteiger charge is -2.47. The number of pyridine rings is 1. The lowest BCUT2D eigenvalue weighted by atomic mass is 9.77.